The first kappa shape index (κ1) is 13.8. The van der Waals surface area contributed by atoms with Gasteiger partial charge < -0.3 is 4.74 Å². The van der Waals surface area contributed by atoms with Crippen LogP contribution >= 0.6 is 0 Å². The van der Waals surface area contributed by atoms with Crippen LogP contribution in [0.15, 0.2) is 29.5 Å². The average Bonchev–Trinajstić information content (AvgIpc) is 2.46. The number of fused-ring (bicyclic) bond motifs is 1. The Kier molecular flexibility index (Phi) is 3.86. The summed E-state index contributed by atoms with van der Waals surface area (Å²) in [6.45, 7) is 4.11. The molecule has 0 N–H and O–H groups in total. The maximum absolute atomic E-state index is 11.7. The van der Waals surface area contributed by atoms with Gasteiger partial charge >= 0.3 is 5.97 Å². The molecule has 6 heteroatoms. The van der Waals surface area contributed by atoms with Crippen LogP contribution in [0.3, 0.4) is 0 Å². The van der Waals surface area contributed by atoms with Crippen molar-refractivity contribution in [1.29, 1.82) is 0 Å². The predicted molar refractivity (Wildman–Crippen MR) is 76.0 cm³/mol. The van der Waals surface area contributed by atoms with Gasteiger partial charge in [-0.15, -0.1) is 0 Å². The predicted octanol–water partition coefficient (Wildman–Crippen LogP) is 4.09. The first-order valence-corrected chi connectivity index (χ1v) is 6.15. The highest BCUT2D eigenvalue weighted by molar-refractivity contribution is 6.04. The molecule has 0 amide bonds. The fraction of sp³-hybridized carbons (Fsp3) is 0.286. The molecule has 0 bridgehead atoms. The van der Waals surface area contributed by atoms with Crippen LogP contribution < -0.4 is 0 Å². The normalized spacial score (nSPS) is 10.4. The van der Waals surface area contributed by atoms with Crippen molar-refractivity contribution >= 4 is 22.6 Å². The number of nitrogens with zero attached hydrogens (tertiary/aromatic N) is 4. The van der Waals surface area contributed by atoms with Gasteiger partial charge in [-0.3, -0.25) is 4.98 Å². The molecule has 0 aliphatic heterocycles. The summed E-state index contributed by atoms with van der Waals surface area (Å²) in [6, 6.07) is 5.61. The monoisotopic (exact) mass is 270 g/mol. The van der Waals surface area contributed by atoms with Crippen LogP contribution in [0.2, 0.25) is 0 Å². The molecule has 0 spiro atoms. The topological polar surface area (TPSA) is 88.0 Å². The lowest BCUT2D eigenvalue weighted by atomic mass is 9.98. The minimum atomic E-state index is -0.572. The van der Waals surface area contributed by atoms with Crippen molar-refractivity contribution in [1.82, 2.24) is 4.98 Å². The van der Waals surface area contributed by atoms with Crippen LogP contribution in [0.5, 0.6) is 0 Å². The van der Waals surface area contributed by atoms with Gasteiger partial charge in [-0.2, -0.15) is 0 Å². The number of hydrogen-bond acceptors (Lipinski definition) is 4. The molecule has 6 nitrogen and oxygen atoms in total. The Hall–Kier alpha value is -2.59. The fourth-order valence-electron chi connectivity index (χ4n) is 2.11. The molecular formula is C14H14N4O2. The number of azide groups is 1. The molecule has 20 heavy (non-hydrogen) atoms. The van der Waals surface area contributed by atoms with Gasteiger partial charge in [-0.25, -0.2) is 4.79 Å². The van der Waals surface area contributed by atoms with E-state index in [1.165, 1.54) is 13.3 Å². The van der Waals surface area contributed by atoms with Crippen LogP contribution in [0.1, 0.15) is 35.7 Å². The molecule has 0 saturated carbocycles. The summed E-state index contributed by atoms with van der Waals surface area (Å²) < 4.78 is 4.69. The van der Waals surface area contributed by atoms with E-state index in [1.807, 2.05) is 12.1 Å². The SMILES string of the molecule is COC(=O)c1cnc2c(C(C)C)cccc2c1N=[N+]=[N-]. The summed E-state index contributed by atoms with van der Waals surface area (Å²) in [6.07, 6.45) is 1.39. The molecule has 1 aromatic carbocycles. The molecule has 0 atom stereocenters. The molecule has 0 saturated heterocycles. The van der Waals surface area contributed by atoms with Crippen molar-refractivity contribution in [3.8, 4) is 0 Å². The standard InChI is InChI=1S/C14H14N4O2/c1-8(2)9-5-4-6-10-12(9)16-7-11(14(19)20-3)13(10)17-18-15/h4-8H,1-3H3. The third-order valence-electron chi connectivity index (χ3n) is 3.07. The highest BCUT2D eigenvalue weighted by Gasteiger charge is 2.17. The third-order valence-corrected chi connectivity index (χ3v) is 3.07. The van der Waals surface area contributed by atoms with Crippen LogP contribution in [0, 0.1) is 0 Å². The van der Waals surface area contributed by atoms with E-state index in [0.29, 0.717) is 5.39 Å². The van der Waals surface area contributed by atoms with Crippen LogP contribution in [-0.4, -0.2) is 18.1 Å². The zero-order valence-corrected chi connectivity index (χ0v) is 11.5. The number of methoxy groups -OCH3 is 1. The summed E-state index contributed by atoms with van der Waals surface area (Å²) >= 11 is 0. The second-order valence-corrected chi connectivity index (χ2v) is 4.60. The van der Waals surface area contributed by atoms with Crippen molar-refractivity contribution in [2.24, 2.45) is 5.11 Å². The second-order valence-electron chi connectivity index (χ2n) is 4.60. The first-order chi connectivity index (χ1) is 9.60. The molecule has 102 valence electrons. The van der Waals surface area contributed by atoms with Crippen LogP contribution in [0.25, 0.3) is 21.3 Å². The van der Waals surface area contributed by atoms with Gasteiger partial charge in [-0.1, -0.05) is 37.2 Å². The van der Waals surface area contributed by atoms with Gasteiger partial charge in [-0.05, 0) is 17.0 Å². The first-order valence-electron chi connectivity index (χ1n) is 6.15. The Balaban J connectivity index is 2.86. The molecule has 0 aliphatic rings. The molecular weight excluding hydrogens is 256 g/mol. The van der Waals surface area contributed by atoms with E-state index in [9.17, 15) is 4.79 Å². The van der Waals surface area contributed by atoms with Gasteiger partial charge in [0, 0.05) is 16.5 Å². The largest absolute Gasteiger partial charge is 0.465 e. The number of carbonyl (C=O) groups excluding carboxylic acids is 1. The number of pyridine rings is 1. The molecule has 2 rings (SSSR count). The number of esters is 1. The molecule has 0 fully saturated rings. The zero-order valence-electron chi connectivity index (χ0n) is 11.5. The highest BCUT2D eigenvalue weighted by atomic mass is 16.5. The lowest BCUT2D eigenvalue weighted by Gasteiger charge is -2.12. The van der Waals surface area contributed by atoms with E-state index < -0.39 is 5.97 Å². The van der Waals surface area contributed by atoms with E-state index in [4.69, 9.17) is 5.53 Å². The zero-order chi connectivity index (χ0) is 14.7. The Labute approximate surface area is 116 Å². The summed E-state index contributed by atoms with van der Waals surface area (Å²) in [7, 11) is 1.27. The minimum Gasteiger partial charge on any atom is -0.465 e. The van der Waals surface area contributed by atoms with Gasteiger partial charge in [0.2, 0.25) is 0 Å². The van der Waals surface area contributed by atoms with Crippen molar-refractivity contribution in [3.63, 3.8) is 0 Å². The van der Waals surface area contributed by atoms with Gasteiger partial charge in [0.1, 0.15) is 0 Å². The number of benzene rings is 1. The molecule has 1 heterocycles. The molecule has 0 aliphatic carbocycles. The van der Waals surface area contributed by atoms with Crippen molar-refractivity contribution < 1.29 is 9.53 Å². The lowest BCUT2D eigenvalue weighted by Crippen LogP contribution is -2.03. The van der Waals surface area contributed by atoms with Crippen molar-refractivity contribution in [3.05, 3.63) is 46.0 Å². The Morgan fingerprint density at radius 3 is 2.80 bits per heavy atom. The second kappa shape index (κ2) is 5.59. The molecule has 1 aromatic heterocycles. The summed E-state index contributed by atoms with van der Waals surface area (Å²) in [5.41, 5.74) is 10.9. The lowest BCUT2D eigenvalue weighted by molar-refractivity contribution is 0.0601. The quantitative estimate of drug-likeness (QED) is 0.364. The Bertz CT molecular complexity index is 718. The van der Waals surface area contributed by atoms with E-state index in [-0.39, 0.29) is 17.2 Å². The average molecular weight is 270 g/mol. The summed E-state index contributed by atoms with van der Waals surface area (Å²) in [4.78, 5) is 18.9. The minimum absolute atomic E-state index is 0.165. The van der Waals surface area contributed by atoms with Gasteiger partial charge in [0.05, 0.1) is 23.9 Å². The van der Waals surface area contributed by atoms with Gasteiger partial charge in [0.15, 0.2) is 0 Å². The van der Waals surface area contributed by atoms with Crippen molar-refractivity contribution in [2.45, 2.75) is 19.8 Å². The molecule has 0 radical (unpaired) electrons. The summed E-state index contributed by atoms with van der Waals surface area (Å²) in [5, 5.41) is 4.29. The number of para-hydroxylation sites is 1. The van der Waals surface area contributed by atoms with Crippen LogP contribution in [-0.2, 0) is 4.74 Å². The van der Waals surface area contributed by atoms with Gasteiger partial charge in [0.25, 0.3) is 0 Å². The highest BCUT2D eigenvalue weighted by Crippen LogP contribution is 2.33. The third kappa shape index (κ3) is 2.29. The van der Waals surface area contributed by atoms with E-state index in [0.717, 1.165) is 11.1 Å². The Morgan fingerprint density at radius 1 is 1.45 bits per heavy atom. The molecule has 0 unspecified atom stereocenters. The number of ether oxygens (including phenoxy) is 1. The Morgan fingerprint density at radius 2 is 2.20 bits per heavy atom. The maximum atomic E-state index is 11.7. The number of carbonyl (C=O) groups is 1. The van der Waals surface area contributed by atoms with E-state index in [2.05, 4.69) is 33.6 Å². The number of rotatable bonds is 3. The molecule has 2 aromatic rings. The smallest absolute Gasteiger partial charge is 0.339 e. The van der Waals surface area contributed by atoms with Crippen LogP contribution in [0.4, 0.5) is 5.69 Å². The maximum Gasteiger partial charge on any atom is 0.339 e. The van der Waals surface area contributed by atoms with E-state index in [1.54, 1.807) is 6.07 Å². The summed E-state index contributed by atoms with van der Waals surface area (Å²) in [5.74, 6) is -0.300. The van der Waals surface area contributed by atoms with Crippen molar-refractivity contribution in [2.75, 3.05) is 7.11 Å². The number of hydrogen-bond donors (Lipinski definition) is 0. The fourth-order valence-corrected chi connectivity index (χ4v) is 2.11. The van der Waals surface area contributed by atoms with E-state index >= 15 is 0 Å². The number of aromatic nitrogens is 1.